The predicted octanol–water partition coefficient (Wildman–Crippen LogP) is 3.04. The molecule has 1 aromatic carbocycles. The lowest BCUT2D eigenvalue weighted by Gasteiger charge is -2.29. The number of carbonyl (C=O) groups is 1. The van der Waals surface area contributed by atoms with Crippen LogP contribution in [0.3, 0.4) is 0 Å². The molecule has 0 bridgehead atoms. The van der Waals surface area contributed by atoms with Crippen molar-refractivity contribution in [3.63, 3.8) is 0 Å². The highest BCUT2D eigenvalue weighted by Crippen LogP contribution is 2.31. The van der Waals surface area contributed by atoms with Crippen LogP contribution in [-0.2, 0) is 0 Å². The number of anilines is 1. The lowest BCUT2D eigenvalue weighted by atomic mass is 9.81. The first kappa shape index (κ1) is 12.9. The van der Waals surface area contributed by atoms with Crippen LogP contribution in [0.15, 0.2) is 24.3 Å². The average Bonchev–Trinajstić information content (AvgIpc) is 2.33. The molecule has 2 rings (SSSR count). The molecule has 0 saturated heterocycles. The fourth-order valence-corrected chi connectivity index (χ4v) is 2.47. The van der Waals surface area contributed by atoms with Crippen molar-refractivity contribution in [1.82, 2.24) is 5.32 Å². The molecule has 98 valence electrons. The Labute approximate surface area is 109 Å². The molecule has 1 atom stereocenters. The topological polar surface area (TPSA) is 41.1 Å². The Morgan fingerprint density at radius 3 is 2.83 bits per heavy atom. The second-order valence-electron chi connectivity index (χ2n) is 5.24. The highest BCUT2D eigenvalue weighted by atomic mass is 16.1. The molecule has 0 heterocycles. The van der Waals surface area contributed by atoms with E-state index in [0.29, 0.717) is 11.6 Å². The van der Waals surface area contributed by atoms with Crippen molar-refractivity contribution in [2.75, 3.05) is 12.4 Å². The molecule has 0 radical (unpaired) electrons. The monoisotopic (exact) mass is 246 g/mol. The van der Waals surface area contributed by atoms with Crippen LogP contribution < -0.4 is 10.6 Å². The van der Waals surface area contributed by atoms with E-state index >= 15 is 0 Å². The Morgan fingerprint density at radius 2 is 2.22 bits per heavy atom. The Bertz CT molecular complexity index is 413. The van der Waals surface area contributed by atoms with Gasteiger partial charge in [0.05, 0.1) is 0 Å². The minimum atomic E-state index is -0.0368. The number of carbonyl (C=O) groups excluding carboxylic acids is 1. The molecule has 1 amide bonds. The molecule has 1 aliphatic rings. The fraction of sp³-hybridized carbons (Fsp3) is 0.533. The number of benzene rings is 1. The first-order valence-electron chi connectivity index (χ1n) is 6.77. The van der Waals surface area contributed by atoms with E-state index in [1.165, 1.54) is 25.7 Å². The first-order valence-corrected chi connectivity index (χ1v) is 6.77. The maximum Gasteiger partial charge on any atom is 0.251 e. The first-order chi connectivity index (χ1) is 8.69. The normalized spacial score (nSPS) is 16.8. The number of rotatable bonds is 5. The number of hydrogen-bond acceptors (Lipinski definition) is 2. The Kier molecular flexibility index (Phi) is 4.24. The lowest BCUT2D eigenvalue weighted by molar-refractivity contribution is 0.0963. The number of amides is 1. The second-order valence-corrected chi connectivity index (χ2v) is 5.24. The van der Waals surface area contributed by atoms with E-state index in [-0.39, 0.29) is 5.91 Å². The highest BCUT2D eigenvalue weighted by molar-refractivity contribution is 5.94. The maximum atomic E-state index is 11.5. The Morgan fingerprint density at radius 1 is 1.44 bits per heavy atom. The summed E-state index contributed by atoms with van der Waals surface area (Å²) in [7, 11) is 1.65. The van der Waals surface area contributed by atoms with Gasteiger partial charge in [0.2, 0.25) is 0 Å². The van der Waals surface area contributed by atoms with Crippen LogP contribution in [0.4, 0.5) is 5.69 Å². The standard InChI is InChI=1S/C15H22N2O/c1-11(9-12-5-3-6-12)17-14-8-4-7-13(10-14)15(18)16-2/h4,7-8,10-12,17H,3,5-6,9H2,1-2H3,(H,16,18). The van der Waals surface area contributed by atoms with E-state index in [1.807, 2.05) is 24.3 Å². The van der Waals surface area contributed by atoms with E-state index < -0.39 is 0 Å². The molecule has 1 unspecified atom stereocenters. The summed E-state index contributed by atoms with van der Waals surface area (Å²) >= 11 is 0. The quantitative estimate of drug-likeness (QED) is 0.838. The summed E-state index contributed by atoms with van der Waals surface area (Å²) in [5, 5.41) is 6.13. The average molecular weight is 246 g/mol. The molecule has 1 aliphatic carbocycles. The fourth-order valence-electron chi connectivity index (χ4n) is 2.47. The van der Waals surface area contributed by atoms with Crippen LogP contribution in [0.25, 0.3) is 0 Å². The molecule has 2 N–H and O–H groups in total. The van der Waals surface area contributed by atoms with Crippen molar-refractivity contribution >= 4 is 11.6 Å². The summed E-state index contributed by atoms with van der Waals surface area (Å²) in [5.41, 5.74) is 1.74. The van der Waals surface area contributed by atoms with Crippen LogP contribution in [0.2, 0.25) is 0 Å². The highest BCUT2D eigenvalue weighted by Gasteiger charge is 2.19. The predicted molar refractivity (Wildman–Crippen MR) is 74.9 cm³/mol. The lowest BCUT2D eigenvalue weighted by Crippen LogP contribution is -2.23. The molecular weight excluding hydrogens is 224 g/mol. The molecule has 1 aromatic rings. The van der Waals surface area contributed by atoms with E-state index in [2.05, 4.69) is 17.6 Å². The van der Waals surface area contributed by atoms with Gasteiger partial charge in [-0.25, -0.2) is 0 Å². The van der Waals surface area contributed by atoms with Crippen LogP contribution in [0.1, 0.15) is 43.0 Å². The number of hydrogen-bond donors (Lipinski definition) is 2. The van der Waals surface area contributed by atoms with E-state index in [9.17, 15) is 4.79 Å². The van der Waals surface area contributed by atoms with Crippen LogP contribution in [0, 0.1) is 5.92 Å². The smallest absolute Gasteiger partial charge is 0.251 e. The molecule has 0 aromatic heterocycles. The van der Waals surface area contributed by atoms with Crippen molar-refractivity contribution < 1.29 is 4.79 Å². The van der Waals surface area contributed by atoms with Gasteiger partial charge >= 0.3 is 0 Å². The zero-order valence-corrected chi connectivity index (χ0v) is 11.2. The summed E-state index contributed by atoms with van der Waals surface area (Å²) in [6, 6.07) is 8.15. The van der Waals surface area contributed by atoms with Crippen molar-refractivity contribution in [1.29, 1.82) is 0 Å². The van der Waals surface area contributed by atoms with Gasteiger partial charge in [-0.2, -0.15) is 0 Å². The van der Waals surface area contributed by atoms with Gasteiger partial charge in [-0.05, 0) is 37.5 Å². The Balaban J connectivity index is 1.93. The summed E-state index contributed by atoms with van der Waals surface area (Å²) in [6.07, 6.45) is 5.38. The third-order valence-electron chi connectivity index (χ3n) is 3.68. The molecular formula is C15H22N2O. The van der Waals surface area contributed by atoms with E-state index in [1.54, 1.807) is 7.05 Å². The minimum Gasteiger partial charge on any atom is -0.383 e. The van der Waals surface area contributed by atoms with Crippen molar-refractivity contribution in [3.8, 4) is 0 Å². The van der Waals surface area contributed by atoms with Gasteiger partial charge in [-0.1, -0.05) is 25.3 Å². The van der Waals surface area contributed by atoms with Gasteiger partial charge < -0.3 is 10.6 Å². The van der Waals surface area contributed by atoms with Crippen LogP contribution >= 0.6 is 0 Å². The number of nitrogens with one attached hydrogen (secondary N) is 2. The zero-order chi connectivity index (χ0) is 13.0. The third kappa shape index (κ3) is 3.25. The van der Waals surface area contributed by atoms with Gasteiger partial charge in [0, 0.05) is 24.3 Å². The zero-order valence-electron chi connectivity index (χ0n) is 11.2. The van der Waals surface area contributed by atoms with Crippen molar-refractivity contribution in [3.05, 3.63) is 29.8 Å². The molecule has 3 heteroatoms. The van der Waals surface area contributed by atoms with Gasteiger partial charge in [0.1, 0.15) is 0 Å². The van der Waals surface area contributed by atoms with Gasteiger partial charge in [0.25, 0.3) is 5.91 Å². The van der Waals surface area contributed by atoms with Gasteiger partial charge in [-0.3, -0.25) is 4.79 Å². The minimum absolute atomic E-state index is 0.0368. The molecule has 0 aliphatic heterocycles. The maximum absolute atomic E-state index is 11.5. The second kappa shape index (κ2) is 5.89. The molecule has 1 fully saturated rings. The molecule has 18 heavy (non-hydrogen) atoms. The van der Waals surface area contributed by atoms with E-state index in [4.69, 9.17) is 0 Å². The van der Waals surface area contributed by atoms with Crippen molar-refractivity contribution in [2.24, 2.45) is 5.92 Å². The summed E-state index contributed by atoms with van der Waals surface area (Å²) < 4.78 is 0. The SMILES string of the molecule is CNC(=O)c1cccc(NC(C)CC2CCC2)c1. The Hall–Kier alpha value is -1.51. The van der Waals surface area contributed by atoms with Crippen LogP contribution in [0.5, 0.6) is 0 Å². The van der Waals surface area contributed by atoms with Gasteiger partial charge in [-0.15, -0.1) is 0 Å². The van der Waals surface area contributed by atoms with E-state index in [0.717, 1.165) is 11.6 Å². The van der Waals surface area contributed by atoms with Crippen molar-refractivity contribution in [2.45, 2.75) is 38.6 Å². The summed E-state index contributed by atoms with van der Waals surface area (Å²) in [4.78, 5) is 11.5. The summed E-state index contributed by atoms with van der Waals surface area (Å²) in [6.45, 7) is 2.21. The molecule has 1 saturated carbocycles. The molecule has 3 nitrogen and oxygen atoms in total. The summed E-state index contributed by atoms with van der Waals surface area (Å²) in [5.74, 6) is 0.861. The molecule has 0 spiro atoms. The van der Waals surface area contributed by atoms with Crippen LogP contribution in [-0.4, -0.2) is 19.0 Å². The van der Waals surface area contributed by atoms with Gasteiger partial charge in [0.15, 0.2) is 0 Å². The third-order valence-corrected chi connectivity index (χ3v) is 3.68. The largest absolute Gasteiger partial charge is 0.383 e.